The van der Waals surface area contributed by atoms with E-state index in [1.54, 1.807) is 0 Å². The lowest BCUT2D eigenvalue weighted by atomic mass is 10.1. The van der Waals surface area contributed by atoms with Gasteiger partial charge < -0.3 is 21.7 Å². The maximum absolute atomic E-state index is 10.5. The zero-order valence-corrected chi connectivity index (χ0v) is 9.26. The van der Waals surface area contributed by atoms with Crippen LogP contribution in [0.3, 0.4) is 0 Å². The van der Waals surface area contributed by atoms with E-state index >= 15 is 0 Å². The van der Waals surface area contributed by atoms with Crippen LogP contribution in [0.2, 0.25) is 0 Å². The summed E-state index contributed by atoms with van der Waals surface area (Å²) < 4.78 is 0. The lowest BCUT2D eigenvalue weighted by Crippen LogP contribution is -2.28. The Labute approximate surface area is 94.6 Å². The van der Waals surface area contributed by atoms with Gasteiger partial charge in [0.15, 0.2) is 0 Å². The molecule has 0 rings (SSSR count). The summed E-state index contributed by atoms with van der Waals surface area (Å²) in [5, 5.41) is 18.1. The standard InChI is InChI=1S/C10H20N2O4/c11-9(15)7(13)5-3-1-2-4-6-8(14)10(12)16/h7-8,13-14H,1-6H2,(H2,11,15)(H2,12,16). The Morgan fingerprint density at radius 3 is 1.38 bits per heavy atom. The fourth-order valence-electron chi connectivity index (χ4n) is 1.31. The van der Waals surface area contributed by atoms with Crippen molar-refractivity contribution in [3.8, 4) is 0 Å². The first-order valence-corrected chi connectivity index (χ1v) is 5.40. The van der Waals surface area contributed by atoms with Gasteiger partial charge in [-0.05, 0) is 12.8 Å². The van der Waals surface area contributed by atoms with Gasteiger partial charge in [-0.2, -0.15) is 0 Å². The van der Waals surface area contributed by atoms with Gasteiger partial charge in [0.25, 0.3) is 0 Å². The molecule has 0 aliphatic heterocycles. The first-order chi connectivity index (χ1) is 7.45. The number of unbranched alkanes of at least 4 members (excludes halogenated alkanes) is 3. The van der Waals surface area contributed by atoms with Crippen molar-refractivity contribution in [3.63, 3.8) is 0 Å². The van der Waals surface area contributed by atoms with Crippen LogP contribution in [0.5, 0.6) is 0 Å². The molecular formula is C10H20N2O4. The highest BCUT2D eigenvalue weighted by Gasteiger charge is 2.11. The Morgan fingerprint density at radius 2 is 1.12 bits per heavy atom. The number of primary amides is 2. The third kappa shape index (κ3) is 7.19. The molecule has 0 aromatic heterocycles. The fraction of sp³-hybridized carbons (Fsp3) is 0.800. The highest BCUT2D eigenvalue weighted by molar-refractivity contribution is 5.78. The molecule has 94 valence electrons. The van der Waals surface area contributed by atoms with E-state index in [-0.39, 0.29) is 0 Å². The van der Waals surface area contributed by atoms with Crippen LogP contribution in [0.15, 0.2) is 0 Å². The van der Waals surface area contributed by atoms with E-state index in [1.807, 2.05) is 0 Å². The summed E-state index contributed by atoms with van der Waals surface area (Å²) in [4.78, 5) is 20.9. The van der Waals surface area contributed by atoms with Crippen LogP contribution in [-0.2, 0) is 9.59 Å². The van der Waals surface area contributed by atoms with Gasteiger partial charge in [-0.3, -0.25) is 9.59 Å². The van der Waals surface area contributed by atoms with Crippen LogP contribution in [0.4, 0.5) is 0 Å². The molecule has 2 unspecified atom stereocenters. The van der Waals surface area contributed by atoms with Crippen LogP contribution in [0.25, 0.3) is 0 Å². The van der Waals surface area contributed by atoms with Crippen molar-refractivity contribution in [2.75, 3.05) is 0 Å². The Morgan fingerprint density at radius 1 is 0.812 bits per heavy atom. The molecule has 0 aromatic rings. The second kappa shape index (κ2) is 8.06. The molecule has 0 bridgehead atoms. The molecule has 0 spiro atoms. The highest BCUT2D eigenvalue weighted by atomic mass is 16.3. The van der Waals surface area contributed by atoms with E-state index in [4.69, 9.17) is 21.7 Å². The van der Waals surface area contributed by atoms with Crippen LogP contribution >= 0.6 is 0 Å². The monoisotopic (exact) mass is 232 g/mol. The largest absolute Gasteiger partial charge is 0.383 e. The topological polar surface area (TPSA) is 127 Å². The highest BCUT2D eigenvalue weighted by Crippen LogP contribution is 2.08. The third-order valence-corrected chi connectivity index (χ3v) is 2.36. The summed E-state index contributed by atoms with van der Waals surface area (Å²) in [6.45, 7) is 0. The molecule has 0 radical (unpaired) electrons. The number of hydrogen-bond donors (Lipinski definition) is 4. The molecule has 0 aromatic carbocycles. The van der Waals surface area contributed by atoms with Crippen molar-refractivity contribution in [1.82, 2.24) is 0 Å². The average molecular weight is 232 g/mol. The molecule has 0 heterocycles. The molecule has 0 aliphatic carbocycles. The molecular weight excluding hydrogens is 212 g/mol. The number of rotatable bonds is 9. The van der Waals surface area contributed by atoms with Gasteiger partial charge in [0.1, 0.15) is 12.2 Å². The normalized spacial score (nSPS) is 14.4. The molecule has 0 saturated heterocycles. The molecule has 2 amide bonds. The van der Waals surface area contributed by atoms with Gasteiger partial charge in [-0.25, -0.2) is 0 Å². The second-order valence-electron chi connectivity index (χ2n) is 3.83. The van der Waals surface area contributed by atoms with Crippen molar-refractivity contribution in [2.24, 2.45) is 11.5 Å². The van der Waals surface area contributed by atoms with Crippen molar-refractivity contribution in [3.05, 3.63) is 0 Å². The summed E-state index contributed by atoms with van der Waals surface area (Å²) in [6.07, 6.45) is 1.58. The summed E-state index contributed by atoms with van der Waals surface area (Å²) in [5.41, 5.74) is 9.75. The third-order valence-electron chi connectivity index (χ3n) is 2.36. The first-order valence-electron chi connectivity index (χ1n) is 5.40. The summed E-state index contributed by atoms with van der Waals surface area (Å²) in [7, 11) is 0. The minimum absolute atomic E-state index is 0.355. The SMILES string of the molecule is NC(=O)C(O)CCCCCCC(O)C(N)=O. The number of aliphatic hydroxyl groups is 2. The molecule has 0 fully saturated rings. The Balaban J connectivity index is 3.34. The van der Waals surface area contributed by atoms with Gasteiger partial charge in [-0.15, -0.1) is 0 Å². The van der Waals surface area contributed by atoms with Crippen molar-refractivity contribution in [1.29, 1.82) is 0 Å². The van der Waals surface area contributed by atoms with Crippen LogP contribution in [0, 0.1) is 0 Å². The summed E-state index contributed by atoms with van der Waals surface area (Å²) >= 11 is 0. The summed E-state index contributed by atoms with van der Waals surface area (Å²) in [6, 6.07) is 0. The Hall–Kier alpha value is -1.14. The van der Waals surface area contributed by atoms with Crippen LogP contribution in [0.1, 0.15) is 38.5 Å². The Bertz CT molecular complexity index is 209. The molecule has 6 N–H and O–H groups in total. The molecule has 6 nitrogen and oxygen atoms in total. The van der Waals surface area contributed by atoms with E-state index in [1.165, 1.54) is 0 Å². The molecule has 2 atom stereocenters. The van der Waals surface area contributed by atoms with Crippen molar-refractivity contribution in [2.45, 2.75) is 50.7 Å². The number of carbonyl (C=O) groups excluding carboxylic acids is 2. The smallest absolute Gasteiger partial charge is 0.246 e. The maximum atomic E-state index is 10.5. The minimum atomic E-state index is -1.07. The van der Waals surface area contributed by atoms with E-state index in [0.29, 0.717) is 25.7 Å². The summed E-state index contributed by atoms with van der Waals surface area (Å²) in [5.74, 6) is -1.41. The van der Waals surface area contributed by atoms with Gasteiger partial charge in [-0.1, -0.05) is 25.7 Å². The molecule has 0 aliphatic rings. The van der Waals surface area contributed by atoms with Gasteiger partial charge >= 0.3 is 0 Å². The average Bonchev–Trinajstić information content (AvgIpc) is 2.21. The molecule has 6 heteroatoms. The molecule has 16 heavy (non-hydrogen) atoms. The van der Waals surface area contributed by atoms with E-state index in [0.717, 1.165) is 12.8 Å². The number of amides is 2. The Kier molecular flexibility index (Phi) is 7.49. The fourth-order valence-corrected chi connectivity index (χ4v) is 1.31. The minimum Gasteiger partial charge on any atom is -0.383 e. The number of hydrogen-bond acceptors (Lipinski definition) is 4. The van der Waals surface area contributed by atoms with Crippen molar-refractivity contribution >= 4 is 11.8 Å². The van der Waals surface area contributed by atoms with E-state index in [9.17, 15) is 9.59 Å². The number of nitrogens with two attached hydrogens (primary N) is 2. The van der Waals surface area contributed by atoms with Crippen LogP contribution in [-0.4, -0.2) is 34.2 Å². The van der Waals surface area contributed by atoms with Crippen molar-refractivity contribution < 1.29 is 19.8 Å². The zero-order valence-electron chi connectivity index (χ0n) is 9.26. The maximum Gasteiger partial charge on any atom is 0.246 e. The van der Waals surface area contributed by atoms with Gasteiger partial charge in [0.2, 0.25) is 11.8 Å². The lowest BCUT2D eigenvalue weighted by Gasteiger charge is -2.07. The zero-order chi connectivity index (χ0) is 12.6. The van der Waals surface area contributed by atoms with E-state index in [2.05, 4.69) is 0 Å². The number of carbonyl (C=O) groups is 2. The van der Waals surface area contributed by atoms with Crippen LogP contribution < -0.4 is 11.5 Å². The first kappa shape index (κ1) is 14.9. The predicted octanol–water partition coefficient (Wildman–Crippen LogP) is -0.981. The number of aliphatic hydroxyl groups excluding tert-OH is 2. The predicted molar refractivity (Wildman–Crippen MR) is 58.1 cm³/mol. The quantitative estimate of drug-likeness (QED) is 0.381. The second-order valence-corrected chi connectivity index (χ2v) is 3.83. The van der Waals surface area contributed by atoms with Gasteiger partial charge in [0.05, 0.1) is 0 Å². The van der Waals surface area contributed by atoms with E-state index < -0.39 is 24.0 Å². The molecule has 0 saturated carbocycles. The van der Waals surface area contributed by atoms with Gasteiger partial charge in [0, 0.05) is 0 Å². The lowest BCUT2D eigenvalue weighted by molar-refractivity contribution is -0.127.